The summed E-state index contributed by atoms with van der Waals surface area (Å²) in [5, 5.41) is 6.17. The minimum absolute atomic E-state index is 0.0623. The first-order chi connectivity index (χ1) is 13.2. The number of nitrogens with zero attached hydrogens (tertiary/aromatic N) is 3. The van der Waals surface area contributed by atoms with E-state index in [0.717, 1.165) is 13.1 Å². The molecule has 2 rings (SSSR count). The summed E-state index contributed by atoms with van der Waals surface area (Å²) >= 11 is 12.4. The molecule has 1 amide bonds. The van der Waals surface area contributed by atoms with Gasteiger partial charge in [0, 0.05) is 41.3 Å². The Morgan fingerprint density at radius 3 is 2.25 bits per heavy atom. The monoisotopic (exact) mass is 436 g/mol. The van der Waals surface area contributed by atoms with Crippen LogP contribution in [0, 0.1) is 0 Å². The third-order valence-electron chi connectivity index (χ3n) is 4.38. The van der Waals surface area contributed by atoms with Crippen molar-refractivity contribution in [1.29, 1.82) is 0 Å². The molecule has 154 valence electrons. The molecule has 1 aromatic carbocycles. The SMILES string of the molecule is CCN(CC)CCN(Cc1c(Cl)cccc1Cl)C(=O)c1cc(C(F)(F)F)[nH]n1. The molecule has 0 aliphatic rings. The van der Waals surface area contributed by atoms with Crippen LogP contribution in [0.25, 0.3) is 0 Å². The summed E-state index contributed by atoms with van der Waals surface area (Å²) in [6.45, 7) is 6.45. The number of likely N-dealkylation sites (N-methyl/N-ethyl adjacent to an activating group) is 1. The van der Waals surface area contributed by atoms with Crippen LogP contribution < -0.4 is 0 Å². The second-order valence-electron chi connectivity index (χ2n) is 6.12. The molecule has 28 heavy (non-hydrogen) atoms. The lowest BCUT2D eigenvalue weighted by Gasteiger charge is -2.26. The maximum Gasteiger partial charge on any atom is 0.432 e. The fourth-order valence-electron chi connectivity index (χ4n) is 2.67. The van der Waals surface area contributed by atoms with E-state index in [-0.39, 0.29) is 18.8 Å². The summed E-state index contributed by atoms with van der Waals surface area (Å²) in [6.07, 6.45) is -4.61. The van der Waals surface area contributed by atoms with E-state index in [0.29, 0.717) is 28.2 Å². The van der Waals surface area contributed by atoms with Crippen LogP contribution in [0.15, 0.2) is 24.3 Å². The van der Waals surface area contributed by atoms with Gasteiger partial charge in [-0.25, -0.2) is 0 Å². The number of hydrogen-bond donors (Lipinski definition) is 1. The first-order valence-corrected chi connectivity index (χ1v) is 9.50. The van der Waals surface area contributed by atoms with Gasteiger partial charge in [0.2, 0.25) is 0 Å². The highest BCUT2D eigenvalue weighted by Gasteiger charge is 2.34. The zero-order valence-corrected chi connectivity index (χ0v) is 17.0. The van der Waals surface area contributed by atoms with E-state index in [1.807, 2.05) is 18.9 Å². The number of halogens is 5. The van der Waals surface area contributed by atoms with Crippen LogP contribution in [-0.4, -0.2) is 52.1 Å². The van der Waals surface area contributed by atoms with Gasteiger partial charge in [-0.3, -0.25) is 9.89 Å². The van der Waals surface area contributed by atoms with Crippen LogP contribution in [0.3, 0.4) is 0 Å². The summed E-state index contributed by atoms with van der Waals surface area (Å²) in [4.78, 5) is 16.4. The number of nitrogens with one attached hydrogen (secondary N) is 1. The summed E-state index contributed by atoms with van der Waals surface area (Å²) in [5.74, 6) is -0.630. The molecule has 0 aliphatic heterocycles. The van der Waals surface area contributed by atoms with Gasteiger partial charge in [-0.2, -0.15) is 18.3 Å². The second-order valence-corrected chi connectivity index (χ2v) is 6.93. The van der Waals surface area contributed by atoms with Crippen LogP contribution >= 0.6 is 23.2 Å². The highest BCUT2D eigenvalue weighted by molar-refractivity contribution is 6.36. The van der Waals surface area contributed by atoms with Crippen LogP contribution in [0.1, 0.15) is 35.6 Å². The Balaban J connectivity index is 2.29. The first kappa shape index (κ1) is 22.5. The molecule has 2 aromatic rings. The molecular weight excluding hydrogens is 416 g/mol. The van der Waals surface area contributed by atoms with Crippen molar-refractivity contribution in [1.82, 2.24) is 20.0 Å². The molecular formula is C18H21Cl2F3N4O. The Bertz CT molecular complexity index is 786. The highest BCUT2D eigenvalue weighted by atomic mass is 35.5. The zero-order chi connectivity index (χ0) is 20.9. The van der Waals surface area contributed by atoms with Crippen molar-refractivity contribution in [3.8, 4) is 0 Å². The molecule has 0 saturated carbocycles. The number of rotatable bonds is 8. The van der Waals surface area contributed by atoms with Gasteiger partial charge < -0.3 is 9.80 Å². The van der Waals surface area contributed by atoms with Crippen molar-refractivity contribution >= 4 is 29.1 Å². The molecule has 0 saturated heterocycles. The summed E-state index contributed by atoms with van der Waals surface area (Å²) in [6, 6.07) is 5.68. The van der Waals surface area contributed by atoms with E-state index in [4.69, 9.17) is 23.2 Å². The molecule has 0 spiro atoms. The molecule has 1 N–H and O–H groups in total. The smallest absolute Gasteiger partial charge is 0.332 e. The van der Waals surface area contributed by atoms with E-state index in [1.165, 1.54) is 4.90 Å². The van der Waals surface area contributed by atoms with Crippen molar-refractivity contribution in [2.24, 2.45) is 0 Å². The molecule has 0 aliphatic carbocycles. The number of hydrogen-bond acceptors (Lipinski definition) is 3. The molecule has 0 fully saturated rings. The van der Waals surface area contributed by atoms with E-state index < -0.39 is 17.8 Å². The lowest BCUT2D eigenvalue weighted by atomic mass is 10.2. The predicted molar refractivity (Wildman–Crippen MR) is 103 cm³/mol. The fourth-order valence-corrected chi connectivity index (χ4v) is 3.18. The lowest BCUT2D eigenvalue weighted by Crippen LogP contribution is -2.38. The standard InChI is InChI=1S/C18H21Cl2F3N4O/c1-3-26(4-2)8-9-27(11-12-13(19)6-5-7-14(12)20)17(28)15-10-16(25-24-15)18(21,22)23/h5-7,10H,3-4,8-9,11H2,1-2H3,(H,24,25). The Labute approximate surface area is 171 Å². The minimum atomic E-state index is -4.61. The summed E-state index contributed by atoms with van der Waals surface area (Å²) < 4.78 is 38.5. The number of amides is 1. The lowest BCUT2D eigenvalue weighted by molar-refractivity contribution is -0.141. The number of alkyl halides is 3. The third-order valence-corrected chi connectivity index (χ3v) is 5.09. The molecule has 0 atom stereocenters. The maximum absolute atomic E-state index is 12.9. The van der Waals surface area contributed by atoms with Gasteiger partial charge in [0.05, 0.1) is 0 Å². The van der Waals surface area contributed by atoms with Crippen LogP contribution in [0.5, 0.6) is 0 Å². The van der Waals surface area contributed by atoms with E-state index in [2.05, 4.69) is 10.00 Å². The quantitative estimate of drug-likeness (QED) is 0.651. The van der Waals surface area contributed by atoms with Gasteiger partial charge in [-0.1, -0.05) is 43.1 Å². The van der Waals surface area contributed by atoms with Crippen molar-refractivity contribution in [3.05, 3.63) is 51.3 Å². The first-order valence-electron chi connectivity index (χ1n) is 8.74. The highest BCUT2D eigenvalue weighted by Crippen LogP contribution is 2.29. The van der Waals surface area contributed by atoms with Gasteiger partial charge in [0.1, 0.15) is 5.69 Å². The summed E-state index contributed by atoms with van der Waals surface area (Å²) in [5.41, 5.74) is -0.851. The second kappa shape index (κ2) is 9.62. The number of carbonyl (C=O) groups is 1. The Kier molecular flexibility index (Phi) is 7.74. The van der Waals surface area contributed by atoms with E-state index >= 15 is 0 Å². The van der Waals surface area contributed by atoms with Gasteiger partial charge >= 0.3 is 6.18 Å². The molecule has 1 heterocycles. The van der Waals surface area contributed by atoms with E-state index in [9.17, 15) is 18.0 Å². The normalized spacial score (nSPS) is 11.9. The number of carbonyl (C=O) groups excluding carboxylic acids is 1. The summed E-state index contributed by atoms with van der Waals surface area (Å²) in [7, 11) is 0. The molecule has 0 unspecified atom stereocenters. The number of H-pyrrole nitrogens is 1. The topological polar surface area (TPSA) is 52.2 Å². The van der Waals surface area contributed by atoms with Crippen molar-refractivity contribution in [2.75, 3.05) is 26.2 Å². The zero-order valence-electron chi connectivity index (χ0n) is 15.5. The molecule has 5 nitrogen and oxygen atoms in total. The van der Waals surface area contributed by atoms with Crippen molar-refractivity contribution < 1.29 is 18.0 Å². The Morgan fingerprint density at radius 2 is 1.75 bits per heavy atom. The van der Waals surface area contributed by atoms with E-state index in [1.54, 1.807) is 18.2 Å². The largest absolute Gasteiger partial charge is 0.432 e. The van der Waals surface area contributed by atoms with Gasteiger partial charge in [0.15, 0.2) is 5.69 Å². The molecule has 10 heteroatoms. The fraction of sp³-hybridized carbons (Fsp3) is 0.444. The average molecular weight is 437 g/mol. The Hall–Kier alpha value is -1.77. The number of aromatic nitrogens is 2. The maximum atomic E-state index is 12.9. The van der Waals surface area contributed by atoms with Crippen LogP contribution in [0.2, 0.25) is 10.0 Å². The van der Waals surface area contributed by atoms with Crippen molar-refractivity contribution in [3.63, 3.8) is 0 Å². The van der Waals surface area contributed by atoms with Gasteiger partial charge in [-0.05, 0) is 25.2 Å². The molecule has 0 radical (unpaired) electrons. The Morgan fingerprint density at radius 1 is 1.14 bits per heavy atom. The van der Waals surface area contributed by atoms with Gasteiger partial charge in [-0.15, -0.1) is 0 Å². The van der Waals surface area contributed by atoms with Gasteiger partial charge in [0.25, 0.3) is 5.91 Å². The average Bonchev–Trinajstić information content (AvgIpc) is 3.14. The number of aromatic amines is 1. The van der Waals surface area contributed by atoms with Crippen LogP contribution in [-0.2, 0) is 12.7 Å². The van der Waals surface area contributed by atoms with Crippen molar-refractivity contribution in [2.45, 2.75) is 26.6 Å². The predicted octanol–water partition coefficient (Wildman–Crippen LogP) is 4.72. The minimum Gasteiger partial charge on any atom is -0.332 e. The molecule has 0 bridgehead atoms. The molecule has 1 aromatic heterocycles. The van der Waals surface area contributed by atoms with Crippen LogP contribution in [0.4, 0.5) is 13.2 Å². The number of benzene rings is 1. The third kappa shape index (κ3) is 5.62.